The Kier molecular flexibility index (Phi) is 3.81. The third-order valence-corrected chi connectivity index (χ3v) is 4.16. The van der Waals surface area contributed by atoms with Crippen molar-refractivity contribution in [2.75, 3.05) is 0 Å². The molecule has 2 aromatic carbocycles. The number of hydrogen-bond donors (Lipinski definition) is 2. The van der Waals surface area contributed by atoms with Crippen LogP contribution in [0.5, 0.6) is 0 Å². The smallest absolute Gasteiger partial charge is 0.0541 e. The molecule has 0 spiro atoms. The number of rotatable bonds is 3. The van der Waals surface area contributed by atoms with Gasteiger partial charge in [0.25, 0.3) is 0 Å². The molecule has 0 amide bonds. The summed E-state index contributed by atoms with van der Waals surface area (Å²) < 4.78 is 0. The SMILES string of the molecule is OC1CCC(NCc2cccc3ccccc23)CC1. The minimum atomic E-state index is -0.0735. The van der Waals surface area contributed by atoms with Crippen LogP contribution in [0.25, 0.3) is 10.8 Å². The van der Waals surface area contributed by atoms with E-state index in [4.69, 9.17) is 0 Å². The number of nitrogens with one attached hydrogen (secondary N) is 1. The molecule has 1 saturated carbocycles. The average Bonchev–Trinajstić information content (AvgIpc) is 2.47. The Hall–Kier alpha value is -1.38. The highest BCUT2D eigenvalue weighted by molar-refractivity contribution is 5.85. The Balaban J connectivity index is 1.68. The second kappa shape index (κ2) is 5.72. The van der Waals surface area contributed by atoms with Crippen LogP contribution in [0.15, 0.2) is 42.5 Å². The number of hydrogen-bond acceptors (Lipinski definition) is 2. The maximum absolute atomic E-state index is 9.53. The Morgan fingerprint density at radius 1 is 0.947 bits per heavy atom. The Labute approximate surface area is 114 Å². The predicted octanol–water partition coefficient (Wildman–Crippen LogP) is 3.23. The molecule has 0 unspecified atom stereocenters. The number of aliphatic hydroxyl groups is 1. The van der Waals surface area contributed by atoms with Gasteiger partial charge in [-0.3, -0.25) is 0 Å². The zero-order valence-corrected chi connectivity index (χ0v) is 11.2. The molecule has 1 aliphatic rings. The van der Waals surface area contributed by atoms with Gasteiger partial charge < -0.3 is 10.4 Å². The fourth-order valence-electron chi connectivity index (χ4n) is 2.98. The first-order valence-corrected chi connectivity index (χ1v) is 7.21. The first-order valence-electron chi connectivity index (χ1n) is 7.21. The summed E-state index contributed by atoms with van der Waals surface area (Å²) in [5, 5.41) is 15.8. The van der Waals surface area contributed by atoms with Crippen LogP contribution in [0.3, 0.4) is 0 Å². The van der Waals surface area contributed by atoms with Gasteiger partial charge in [-0.15, -0.1) is 0 Å². The van der Waals surface area contributed by atoms with Crippen molar-refractivity contribution in [3.05, 3.63) is 48.0 Å². The first-order chi connectivity index (χ1) is 9.33. The largest absolute Gasteiger partial charge is 0.393 e. The molecule has 3 rings (SSSR count). The topological polar surface area (TPSA) is 32.3 Å². The summed E-state index contributed by atoms with van der Waals surface area (Å²) in [6.45, 7) is 0.919. The average molecular weight is 255 g/mol. The van der Waals surface area contributed by atoms with Crippen LogP contribution in [-0.2, 0) is 6.54 Å². The van der Waals surface area contributed by atoms with Gasteiger partial charge in [0, 0.05) is 12.6 Å². The summed E-state index contributed by atoms with van der Waals surface area (Å²) in [6, 6.07) is 15.6. The van der Waals surface area contributed by atoms with E-state index in [9.17, 15) is 5.11 Å². The van der Waals surface area contributed by atoms with E-state index in [1.807, 2.05) is 0 Å². The highest BCUT2D eigenvalue weighted by Gasteiger charge is 2.18. The summed E-state index contributed by atoms with van der Waals surface area (Å²) in [4.78, 5) is 0. The van der Waals surface area contributed by atoms with Crippen LogP contribution in [0.2, 0.25) is 0 Å². The van der Waals surface area contributed by atoms with Gasteiger partial charge in [-0.05, 0) is 42.0 Å². The molecule has 0 bridgehead atoms. The molecule has 19 heavy (non-hydrogen) atoms. The second-order valence-corrected chi connectivity index (χ2v) is 5.52. The summed E-state index contributed by atoms with van der Waals surface area (Å²) >= 11 is 0. The zero-order valence-electron chi connectivity index (χ0n) is 11.2. The number of fused-ring (bicyclic) bond motifs is 1. The Morgan fingerprint density at radius 3 is 2.53 bits per heavy atom. The quantitative estimate of drug-likeness (QED) is 0.882. The van der Waals surface area contributed by atoms with Gasteiger partial charge >= 0.3 is 0 Å². The van der Waals surface area contributed by atoms with E-state index in [0.29, 0.717) is 6.04 Å². The van der Waals surface area contributed by atoms with Gasteiger partial charge in [-0.25, -0.2) is 0 Å². The van der Waals surface area contributed by atoms with E-state index in [0.717, 1.165) is 32.2 Å². The van der Waals surface area contributed by atoms with Gasteiger partial charge in [-0.2, -0.15) is 0 Å². The van der Waals surface area contributed by atoms with Gasteiger partial charge in [-0.1, -0.05) is 42.5 Å². The molecule has 0 heterocycles. The lowest BCUT2D eigenvalue weighted by Gasteiger charge is -2.26. The third kappa shape index (κ3) is 2.96. The fraction of sp³-hybridized carbons (Fsp3) is 0.412. The maximum Gasteiger partial charge on any atom is 0.0541 e. The summed E-state index contributed by atoms with van der Waals surface area (Å²) in [6.07, 6.45) is 3.98. The number of aliphatic hydroxyl groups excluding tert-OH is 1. The van der Waals surface area contributed by atoms with E-state index >= 15 is 0 Å². The van der Waals surface area contributed by atoms with Crippen molar-refractivity contribution >= 4 is 10.8 Å². The molecular formula is C17H21NO. The molecule has 0 radical (unpaired) electrons. The Bertz CT molecular complexity index is 538. The molecule has 1 fully saturated rings. The molecule has 0 aliphatic heterocycles. The lowest BCUT2D eigenvalue weighted by molar-refractivity contribution is 0.116. The summed E-state index contributed by atoms with van der Waals surface area (Å²) in [7, 11) is 0. The van der Waals surface area contributed by atoms with Crippen molar-refractivity contribution < 1.29 is 5.11 Å². The normalized spacial score (nSPS) is 23.6. The van der Waals surface area contributed by atoms with Crippen molar-refractivity contribution in [3.8, 4) is 0 Å². The van der Waals surface area contributed by atoms with Gasteiger partial charge in [0.05, 0.1) is 6.10 Å². The molecule has 2 nitrogen and oxygen atoms in total. The van der Waals surface area contributed by atoms with E-state index in [-0.39, 0.29) is 6.10 Å². The van der Waals surface area contributed by atoms with Crippen LogP contribution in [0, 0.1) is 0 Å². The van der Waals surface area contributed by atoms with E-state index in [2.05, 4.69) is 47.8 Å². The van der Waals surface area contributed by atoms with Crippen LogP contribution in [0.1, 0.15) is 31.2 Å². The van der Waals surface area contributed by atoms with Crippen molar-refractivity contribution in [3.63, 3.8) is 0 Å². The molecule has 0 saturated heterocycles. The minimum absolute atomic E-state index is 0.0735. The maximum atomic E-state index is 9.53. The lowest BCUT2D eigenvalue weighted by Crippen LogP contribution is -2.34. The van der Waals surface area contributed by atoms with Gasteiger partial charge in [0.1, 0.15) is 0 Å². The highest BCUT2D eigenvalue weighted by Crippen LogP contribution is 2.21. The molecular weight excluding hydrogens is 234 g/mol. The van der Waals surface area contributed by atoms with Crippen LogP contribution < -0.4 is 5.32 Å². The predicted molar refractivity (Wildman–Crippen MR) is 79.1 cm³/mol. The second-order valence-electron chi connectivity index (χ2n) is 5.52. The molecule has 1 aliphatic carbocycles. The van der Waals surface area contributed by atoms with Gasteiger partial charge in [0.2, 0.25) is 0 Å². The van der Waals surface area contributed by atoms with Crippen molar-refractivity contribution in [2.24, 2.45) is 0 Å². The van der Waals surface area contributed by atoms with Crippen LogP contribution >= 0.6 is 0 Å². The highest BCUT2D eigenvalue weighted by atomic mass is 16.3. The van der Waals surface area contributed by atoms with Crippen LogP contribution in [0.4, 0.5) is 0 Å². The molecule has 0 atom stereocenters. The standard InChI is InChI=1S/C17H21NO/c19-16-10-8-15(9-11-16)18-12-14-6-3-5-13-4-1-2-7-17(13)14/h1-7,15-16,18-19H,8-12H2. The molecule has 2 aromatic rings. The first kappa shape index (κ1) is 12.6. The van der Waals surface area contributed by atoms with Crippen molar-refractivity contribution in [2.45, 2.75) is 44.4 Å². The summed E-state index contributed by atoms with van der Waals surface area (Å²) in [5.74, 6) is 0. The molecule has 100 valence electrons. The van der Waals surface area contributed by atoms with Gasteiger partial charge in [0.15, 0.2) is 0 Å². The molecule has 2 N–H and O–H groups in total. The fourth-order valence-corrected chi connectivity index (χ4v) is 2.98. The van der Waals surface area contributed by atoms with E-state index < -0.39 is 0 Å². The Morgan fingerprint density at radius 2 is 1.68 bits per heavy atom. The van der Waals surface area contributed by atoms with Crippen molar-refractivity contribution in [1.29, 1.82) is 0 Å². The van der Waals surface area contributed by atoms with E-state index in [1.165, 1.54) is 16.3 Å². The minimum Gasteiger partial charge on any atom is -0.393 e. The summed E-state index contributed by atoms with van der Waals surface area (Å²) in [5.41, 5.74) is 1.37. The zero-order chi connectivity index (χ0) is 13.1. The van der Waals surface area contributed by atoms with E-state index in [1.54, 1.807) is 0 Å². The van der Waals surface area contributed by atoms with Crippen molar-refractivity contribution in [1.82, 2.24) is 5.32 Å². The molecule has 0 aromatic heterocycles. The lowest BCUT2D eigenvalue weighted by atomic mass is 9.93. The molecule has 2 heteroatoms. The number of benzene rings is 2. The van der Waals surface area contributed by atoms with Crippen LogP contribution in [-0.4, -0.2) is 17.3 Å². The monoisotopic (exact) mass is 255 g/mol. The third-order valence-electron chi connectivity index (χ3n) is 4.16.